The van der Waals surface area contributed by atoms with Gasteiger partial charge >= 0.3 is 7.60 Å². The van der Waals surface area contributed by atoms with Gasteiger partial charge in [-0.2, -0.15) is 0 Å². The number of rotatable bonds is 5. The fourth-order valence-electron chi connectivity index (χ4n) is 2.51. The first kappa shape index (κ1) is 18.1. The van der Waals surface area contributed by atoms with E-state index in [1.807, 2.05) is 6.07 Å². The highest BCUT2D eigenvalue weighted by molar-refractivity contribution is 8.04. The van der Waals surface area contributed by atoms with Crippen LogP contribution in [0.1, 0.15) is 17.9 Å². The van der Waals surface area contributed by atoms with Gasteiger partial charge in [-0.15, -0.1) is 11.8 Å². The van der Waals surface area contributed by atoms with E-state index in [-0.39, 0.29) is 11.4 Å². The van der Waals surface area contributed by atoms with Crippen LogP contribution in [0.15, 0.2) is 40.4 Å². The summed E-state index contributed by atoms with van der Waals surface area (Å²) < 4.78 is 11.0. The van der Waals surface area contributed by atoms with Gasteiger partial charge in [0.05, 0.1) is 11.0 Å². The third-order valence-electron chi connectivity index (χ3n) is 3.65. The number of aromatic nitrogens is 2. The summed E-state index contributed by atoms with van der Waals surface area (Å²) in [5, 5.41) is 1.13. The molecule has 3 rings (SSSR count). The zero-order valence-corrected chi connectivity index (χ0v) is 16.1. The van der Waals surface area contributed by atoms with Crippen LogP contribution in [0, 0.1) is 0 Å². The molecule has 0 fully saturated rings. The summed E-state index contributed by atoms with van der Waals surface area (Å²) in [5.41, 5.74) is 2.22. The van der Waals surface area contributed by atoms with Crippen molar-refractivity contribution >= 4 is 53.8 Å². The molecule has 5 nitrogen and oxygen atoms in total. The van der Waals surface area contributed by atoms with Gasteiger partial charge in [0, 0.05) is 15.8 Å². The number of benzene rings is 1. The molecule has 3 N–H and O–H groups in total. The van der Waals surface area contributed by atoms with Crippen molar-refractivity contribution in [3.8, 4) is 0 Å². The Balaban J connectivity index is 1.86. The van der Waals surface area contributed by atoms with Crippen molar-refractivity contribution < 1.29 is 14.4 Å². The van der Waals surface area contributed by atoms with Gasteiger partial charge in [-0.25, -0.2) is 4.98 Å². The van der Waals surface area contributed by atoms with Crippen LogP contribution in [0.3, 0.4) is 0 Å². The number of hydrogen-bond donors (Lipinski definition) is 3. The number of hydrogen-bond acceptors (Lipinski definition) is 4. The number of fused-ring (bicyclic) bond motifs is 1. The Hall–Kier alpha value is -0.690. The minimum Gasteiger partial charge on any atom is -0.333 e. The minimum atomic E-state index is -4.07. The summed E-state index contributed by atoms with van der Waals surface area (Å²) >= 11 is 9.14. The highest BCUT2D eigenvalue weighted by Gasteiger charge is 2.18. The Morgan fingerprint density at radius 2 is 2.25 bits per heavy atom. The highest BCUT2D eigenvalue weighted by atomic mass is 35.5. The second-order valence-electron chi connectivity index (χ2n) is 5.38. The quantitative estimate of drug-likeness (QED) is 0.495. The molecule has 1 heterocycles. The maximum Gasteiger partial charge on any atom is 0.335 e. The van der Waals surface area contributed by atoms with Gasteiger partial charge in [-0.1, -0.05) is 41.6 Å². The fraction of sp³-hybridized carbons (Fsp3) is 0.267. The smallest absolute Gasteiger partial charge is 0.333 e. The second kappa shape index (κ2) is 7.28. The van der Waals surface area contributed by atoms with Crippen LogP contribution in [0.2, 0.25) is 5.02 Å². The van der Waals surface area contributed by atoms with E-state index in [4.69, 9.17) is 21.4 Å². The lowest BCUT2D eigenvalue weighted by Crippen LogP contribution is -1.99. The van der Waals surface area contributed by atoms with E-state index >= 15 is 0 Å². The molecule has 0 bridgehead atoms. The average molecular weight is 403 g/mol. The first-order chi connectivity index (χ1) is 11.4. The number of nitrogens with one attached hydrogen (secondary N) is 1. The molecule has 1 aromatic carbocycles. The summed E-state index contributed by atoms with van der Waals surface area (Å²) in [7, 11) is -4.07. The molecule has 0 aliphatic heterocycles. The van der Waals surface area contributed by atoms with Gasteiger partial charge in [0.25, 0.3) is 0 Å². The summed E-state index contributed by atoms with van der Waals surface area (Å²) in [6.07, 6.45) is 9.40. The largest absolute Gasteiger partial charge is 0.335 e. The molecule has 1 aliphatic rings. The number of halogens is 1. The molecular weight excluding hydrogens is 387 g/mol. The van der Waals surface area contributed by atoms with E-state index in [0.29, 0.717) is 15.7 Å². The summed E-state index contributed by atoms with van der Waals surface area (Å²) in [6.45, 7) is 0. The third-order valence-corrected chi connectivity index (χ3v) is 7.08. The lowest BCUT2D eigenvalue weighted by molar-refractivity contribution is 0.379. The molecule has 0 saturated carbocycles. The molecule has 0 amide bonds. The van der Waals surface area contributed by atoms with Crippen LogP contribution in [0.4, 0.5) is 0 Å². The van der Waals surface area contributed by atoms with Gasteiger partial charge in [-0.3, -0.25) is 4.57 Å². The van der Waals surface area contributed by atoms with Crippen LogP contribution < -0.4 is 0 Å². The van der Waals surface area contributed by atoms with Crippen molar-refractivity contribution in [1.29, 1.82) is 0 Å². The van der Waals surface area contributed by atoms with E-state index in [1.165, 1.54) is 4.91 Å². The Kier molecular flexibility index (Phi) is 5.49. The van der Waals surface area contributed by atoms with E-state index < -0.39 is 7.60 Å². The fourth-order valence-corrected chi connectivity index (χ4v) is 4.79. The van der Waals surface area contributed by atoms with E-state index in [1.54, 1.807) is 17.8 Å². The van der Waals surface area contributed by atoms with Crippen molar-refractivity contribution in [2.24, 2.45) is 0 Å². The molecule has 128 valence electrons. The Morgan fingerprint density at radius 3 is 2.88 bits per heavy atom. The SMILES string of the molecule is CSC1=CCC(c2cc3[nH]c(SCP(=O)(O)O)nc3cc2Cl)C=C1. The van der Waals surface area contributed by atoms with E-state index in [9.17, 15) is 4.57 Å². The molecular formula is C15H16ClN2O3PS2. The summed E-state index contributed by atoms with van der Waals surface area (Å²) in [4.78, 5) is 26.6. The van der Waals surface area contributed by atoms with Crippen LogP contribution in [0.25, 0.3) is 11.0 Å². The molecule has 9 heteroatoms. The van der Waals surface area contributed by atoms with Crippen molar-refractivity contribution in [2.75, 3.05) is 11.7 Å². The number of thioether (sulfide) groups is 2. The highest BCUT2D eigenvalue weighted by Crippen LogP contribution is 2.41. The van der Waals surface area contributed by atoms with E-state index in [2.05, 4.69) is 34.5 Å². The Morgan fingerprint density at radius 1 is 1.46 bits per heavy atom. The first-order valence-corrected chi connectivity index (χ1v) is 11.5. The van der Waals surface area contributed by atoms with Gasteiger partial charge in [-0.05, 0) is 30.4 Å². The molecule has 0 radical (unpaired) electrons. The van der Waals surface area contributed by atoms with Gasteiger partial charge in [0.15, 0.2) is 5.16 Å². The molecule has 24 heavy (non-hydrogen) atoms. The van der Waals surface area contributed by atoms with Crippen LogP contribution in [-0.4, -0.2) is 31.5 Å². The minimum absolute atomic E-state index is 0.215. The lowest BCUT2D eigenvalue weighted by Gasteiger charge is -2.17. The molecule has 1 aliphatic carbocycles. The van der Waals surface area contributed by atoms with Crippen molar-refractivity contribution in [2.45, 2.75) is 17.5 Å². The lowest BCUT2D eigenvalue weighted by atomic mass is 9.92. The molecule has 1 unspecified atom stereocenters. The number of nitrogens with zero attached hydrogens (tertiary/aromatic N) is 1. The van der Waals surface area contributed by atoms with Gasteiger partial charge in [0.1, 0.15) is 5.49 Å². The first-order valence-electron chi connectivity index (χ1n) is 7.14. The number of aromatic amines is 1. The van der Waals surface area contributed by atoms with Crippen LogP contribution in [0.5, 0.6) is 0 Å². The Bertz CT molecular complexity index is 875. The van der Waals surface area contributed by atoms with Gasteiger partial charge < -0.3 is 14.8 Å². The molecule has 0 spiro atoms. The average Bonchev–Trinajstić information content (AvgIpc) is 2.93. The Labute approximate surface area is 153 Å². The standard InChI is InChI=1S/C15H16ClN2O3PS2/c1-23-10-4-2-9(3-5-10)11-6-13-14(7-12(11)16)18-15(17-13)24-8-22(19,20)21/h2,4-7,9H,3,8H2,1H3,(H,17,18)(H2,19,20,21). The number of H-pyrrole nitrogens is 1. The zero-order valence-electron chi connectivity index (χ0n) is 12.8. The number of allylic oxidation sites excluding steroid dienone is 3. The molecule has 2 aromatic rings. The molecule has 0 saturated heterocycles. The second-order valence-corrected chi connectivity index (χ2v) is 9.71. The van der Waals surface area contributed by atoms with Crippen molar-refractivity contribution in [1.82, 2.24) is 9.97 Å². The maximum absolute atomic E-state index is 11.0. The topological polar surface area (TPSA) is 86.2 Å². The molecule has 1 aromatic heterocycles. The van der Waals surface area contributed by atoms with Gasteiger partial charge in [0.2, 0.25) is 0 Å². The van der Waals surface area contributed by atoms with Crippen LogP contribution >= 0.6 is 42.7 Å². The maximum atomic E-state index is 11.0. The number of imidazole rings is 1. The van der Waals surface area contributed by atoms with Crippen LogP contribution in [-0.2, 0) is 4.57 Å². The van der Waals surface area contributed by atoms with Crippen molar-refractivity contribution in [3.05, 3.63) is 45.9 Å². The van der Waals surface area contributed by atoms with Crippen molar-refractivity contribution in [3.63, 3.8) is 0 Å². The normalized spacial score (nSPS) is 18.2. The third kappa shape index (κ3) is 4.28. The zero-order chi connectivity index (χ0) is 17.3. The summed E-state index contributed by atoms with van der Waals surface area (Å²) in [6, 6.07) is 3.77. The van der Waals surface area contributed by atoms with E-state index in [0.717, 1.165) is 29.3 Å². The predicted molar refractivity (Wildman–Crippen MR) is 102 cm³/mol. The summed E-state index contributed by atoms with van der Waals surface area (Å²) in [5.74, 6) is 0.215. The predicted octanol–water partition coefficient (Wildman–Crippen LogP) is 4.73. The molecule has 1 atom stereocenters. The monoisotopic (exact) mass is 402 g/mol.